The molecule has 158 valence electrons. The van der Waals surface area contributed by atoms with Crippen molar-refractivity contribution in [2.45, 2.75) is 29.6 Å². The second-order valence-corrected chi connectivity index (χ2v) is 9.43. The average molecular weight is 447 g/mol. The molecule has 0 aliphatic carbocycles. The lowest BCUT2D eigenvalue weighted by Crippen LogP contribution is -2.12. The van der Waals surface area contributed by atoms with E-state index in [1.807, 2.05) is 13.8 Å². The Morgan fingerprint density at radius 3 is 2.37 bits per heavy atom. The predicted octanol–water partition coefficient (Wildman–Crippen LogP) is 2.72. The van der Waals surface area contributed by atoms with Crippen LogP contribution in [0.25, 0.3) is 0 Å². The van der Waals surface area contributed by atoms with Gasteiger partial charge in [0, 0.05) is 29.2 Å². The van der Waals surface area contributed by atoms with E-state index in [1.54, 1.807) is 42.6 Å². The van der Waals surface area contributed by atoms with Gasteiger partial charge in [-0.25, -0.2) is 18.5 Å². The molecule has 1 heterocycles. The molecule has 1 unspecified atom stereocenters. The molecular weight excluding hydrogens is 424 g/mol. The first-order valence-electron chi connectivity index (χ1n) is 8.93. The van der Waals surface area contributed by atoms with Crippen LogP contribution in [0, 0.1) is 0 Å². The number of nitrogens with two attached hydrogens (primary N) is 2. The Kier molecular flexibility index (Phi) is 6.58. The zero-order valence-corrected chi connectivity index (χ0v) is 18.0. The molecule has 0 saturated carbocycles. The summed E-state index contributed by atoms with van der Waals surface area (Å²) in [5.41, 5.74) is 2.00. The van der Waals surface area contributed by atoms with Crippen molar-refractivity contribution in [2.24, 2.45) is 10.3 Å². The van der Waals surface area contributed by atoms with Crippen LogP contribution in [0.2, 0.25) is 0 Å². The lowest BCUT2D eigenvalue weighted by molar-refractivity contribution is 0.596. The van der Waals surface area contributed by atoms with Crippen molar-refractivity contribution in [3.05, 3.63) is 60.3 Å². The summed E-state index contributed by atoms with van der Waals surface area (Å²) in [6.45, 7) is 4.00. The second-order valence-electron chi connectivity index (χ2n) is 6.80. The van der Waals surface area contributed by atoms with Gasteiger partial charge in [-0.1, -0.05) is 26.0 Å². The third-order valence-electron chi connectivity index (χ3n) is 4.19. The topological polar surface area (TPSA) is 159 Å². The van der Waals surface area contributed by atoms with Crippen molar-refractivity contribution < 1.29 is 13.0 Å². The number of sulfonamides is 1. The molecule has 3 rings (SSSR count). The standard InChI is InChI=1S/C19H22N6O3S2/c1-12(2)17-11-22-19(24-13-5-3-7-15(9-13)29(20)26)25-18(17)23-14-6-4-8-16(10-14)30(21,27)28/h3-12H,20H2,1-2H3,(H2,21,27,28)(H2,22,23,24,25). The minimum Gasteiger partial charge on any atom is -0.593 e. The van der Waals surface area contributed by atoms with Crippen LogP contribution in [-0.4, -0.2) is 22.9 Å². The lowest BCUT2D eigenvalue weighted by atomic mass is 10.1. The molecule has 0 bridgehead atoms. The second kappa shape index (κ2) is 8.98. The first-order valence-corrected chi connectivity index (χ1v) is 11.7. The van der Waals surface area contributed by atoms with E-state index in [9.17, 15) is 13.0 Å². The molecule has 0 fully saturated rings. The maximum absolute atomic E-state index is 11.6. The fourth-order valence-electron chi connectivity index (χ4n) is 2.69. The average Bonchev–Trinajstić information content (AvgIpc) is 2.68. The largest absolute Gasteiger partial charge is 0.593 e. The molecule has 0 saturated heterocycles. The predicted molar refractivity (Wildman–Crippen MR) is 118 cm³/mol. The molecule has 0 aliphatic heterocycles. The first-order chi connectivity index (χ1) is 14.1. The van der Waals surface area contributed by atoms with Crippen LogP contribution in [0.4, 0.5) is 23.1 Å². The van der Waals surface area contributed by atoms with E-state index in [1.165, 1.54) is 12.1 Å². The number of hydrogen-bond acceptors (Lipinski definition) is 8. The molecule has 1 atom stereocenters. The molecule has 0 amide bonds. The third-order valence-corrected chi connectivity index (χ3v) is 5.82. The lowest BCUT2D eigenvalue weighted by Gasteiger charge is -2.15. The van der Waals surface area contributed by atoms with Crippen molar-refractivity contribution in [2.75, 3.05) is 10.6 Å². The van der Waals surface area contributed by atoms with Crippen molar-refractivity contribution in [1.82, 2.24) is 9.97 Å². The highest BCUT2D eigenvalue weighted by molar-refractivity contribution is 7.89. The van der Waals surface area contributed by atoms with Crippen LogP contribution in [-0.2, 0) is 21.4 Å². The highest BCUT2D eigenvalue weighted by Gasteiger charge is 2.14. The number of aromatic nitrogens is 2. The molecule has 0 aliphatic rings. The maximum Gasteiger partial charge on any atom is 0.238 e. The molecule has 3 aromatic rings. The molecule has 0 spiro atoms. The quantitative estimate of drug-likeness (QED) is 0.403. The highest BCUT2D eigenvalue weighted by Crippen LogP contribution is 2.27. The van der Waals surface area contributed by atoms with E-state index in [0.717, 1.165) is 5.56 Å². The van der Waals surface area contributed by atoms with Crippen LogP contribution in [0.1, 0.15) is 25.3 Å². The summed E-state index contributed by atoms with van der Waals surface area (Å²) in [7, 11) is -3.82. The number of anilines is 4. The number of benzene rings is 2. The molecule has 6 N–H and O–H groups in total. The Bertz CT molecular complexity index is 1150. The van der Waals surface area contributed by atoms with E-state index in [0.29, 0.717) is 28.0 Å². The Morgan fingerprint density at radius 2 is 1.73 bits per heavy atom. The monoisotopic (exact) mass is 446 g/mol. The van der Waals surface area contributed by atoms with Crippen molar-refractivity contribution >= 4 is 44.5 Å². The van der Waals surface area contributed by atoms with E-state index in [4.69, 9.17) is 10.3 Å². The van der Waals surface area contributed by atoms with Crippen molar-refractivity contribution in [3.8, 4) is 0 Å². The van der Waals surface area contributed by atoms with Gasteiger partial charge in [0.15, 0.2) is 4.90 Å². The fraction of sp³-hybridized carbons (Fsp3) is 0.158. The number of nitrogens with one attached hydrogen (secondary N) is 2. The van der Waals surface area contributed by atoms with Crippen LogP contribution in [0.5, 0.6) is 0 Å². The van der Waals surface area contributed by atoms with Gasteiger partial charge >= 0.3 is 0 Å². The maximum atomic E-state index is 11.6. The third kappa shape index (κ3) is 5.46. The van der Waals surface area contributed by atoms with Gasteiger partial charge in [0.25, 0.3) is 0 Å². The highest BCUT2D eigenvalue weighted by atomic mass is 32.2. The summed E-state index contributed by atoms with van der Waals surface area (Å²) in [4.78, 5) is 9.34. The summed E-state index contributed by atoms with van der Waals surface area (Å²) < 4.78 is 34.8. The zero-order chi connectivity index (χ0) is 21.9. The Labute approximate surface area is 178 Å². The van der Waals surface area contributed by atoms with E-state index in [2.05, 4.69) is 20.6 Å². The Balaban J connectivity index is 1.93. The molecule has 2 aromatic carbocycles. The minimum absolute atomic E-state index is 0.00222. The van der Waals surface area contributed by atoms with E-state index < -0.39 is 21.4 Å². The van der Waals surface area contributed by atoms with Gasteiger partial charge in [-0.2, -0.15) is 4.98 Å². The Hall–Kier alpha value is -2.70. The van der Waals surface area contributed by atoms with Gasteiger partial charge in [0.2, 0.25) is 16.0 Å². The van der Waals surface area contributed by atoms with Gasteiger partial charge < -0.3 is 15.2 Å². The summed E-state index contributed by atoms with van der Waals surface area (Å²) in [5, 5.41) is 16.9. The van der Waals surface area contributed by atoms with Crippen molar-refractivity contribution in [3.63, 3.8) is 0 Å². The summed E-state index contributed by atoms with van der Waals surface area (Å²) in [6.07, 6.45) is 1.69. The molecule has 0 radical (unpaired) electrons. The van der Waals surface area contributed by atoms with E-state index in [-0.39, 0.29) is 10.8 Å². The van der Waals surface area contributed by atoms with Crippen LogP contribution < -0.4 is 20.9 Å². The minimum atomic E-state index is -3.82. The summed E-state index contributed by atoms with van der Waals surface area (Å²) in [6, 6.07) is 13.0. The number of primary sulfonamides is 1. The number of rotatable bonds is 7. The van der Waals surface area contributed by atoms with Gasteiger partial charge in [0.05, 0.1) is 16.3 Å². The SMILES string of the molecule is CC(C)c1cnc(Nc2cccc([S+](N)[O-])c2)nc1Nc1cccc(S(N)(=O)=O)c1. The van der Waals surface area contributed by atoms with Gasteiger partial charge in [-0.3, -0.25) is 0 Å². The summed E-state index contributed by atoms with van der Waals surface area (Å²) in [5.74, 6) is 0.947. The number of nitrogens with zero attached hydrogens (tertiary/aromatic N) is 2. The molecule has 9 nitrogen and oxygen atoms in total. The molecule has 30 heavy (non-hydrogen) atoms. The Morgan fingerprint density at radius 1 is 1.07 bits per heavy atom. The molecule has 1 aromatic heterocycles. The van der Waals surface area contributed by atoms with Crippen LogP contribution >= 0.6 is 0 Å². The van der Waals surface area contributed by atoms with Gasteiger partial charge in [0.1, 0.15) is 5.82 Å². The number of hydrogen-bond donors (Lipinski definition) is 4. The van der Waals surface area contributed by atoms with Crippen molar-refractivity contribution in [1.29, 1.82) is 0 Å². The first kappa shape index (κ1) is 22.0. The van der Waals surface area contributed by atoms with E-state index >= 15 is 0 Å². The normalized spacial score (nSPS) is 12.6. The van der Waals surface area contributed by atoms with Crippen LogP contribution in [0.3, 0.4) is 0 Å². The zero-order valence-electron chi connectivity index (χ0n) is 16.4. The van der Waals surface area contributed by atoms with Gasteiger partial charge in [-0.05, 0) is 36.2 Å². The van der Waals surface area contributed by atoms with Gasteiger partial charge in [-0.15, -0.1) is 5.14 Å². The fourth-order valence-corrected chi connectivity index (χ4v) is 3.70. The van der Waals surface area contributed by atoms with Crippen LogP contribution in [0.15, 0.2) is 64.5 Å². The molecule has 11 heteroatoms. The molecular formula is C19H22N6O3S2. The smallest absolute Gasteiger partial charge is 0.238 e. The summed E-state index contributed by atoms with van der Waals surface area (Å²) >= 11 is -1.60.